The van der Waals surface area contributed by atoms with Gasteiger partial charge in [0.1, 0.15) is 0 Å². The third-order valence-electron chi connectivity index (χ3n) is 3.01. The number of benzene rings is 1. The van der Waals surface area contributed by atoms with Crippen LogP contribution in [-0.2, 0) is 11.3 Å². The molecule has 5 heteroatoms. The quantitative estimate of drug-likeness (QED) is 0.789. The molecule has 1 aromatic heterocycles. The Hall–Kier alpha value is -1.59. The highest BCUT2D eigenvalue weighted by molar-refractivity contribution is 9.10. The number of carboxylic acids is 1. The SMILES string of the molecule is Cc1ccc(N(C)Cc2cc(Br)cs2)c(/C=C/C(=O)O)c1. The molecule has 1 heterocycles. The Morgan fingerprint density at radius 2 is 2.19 bits per heavy atom. The zero-order valence-electron chi connectivity index (χ0n) is 11.8. The molecule has 0 aliphatic carbocycles. The molecule has 0 amide bonds. The van der Waals surface area contributed by atoms with E-state index in [4.69, 9.17) is 5.11 Å². The van der Waals surface area contributed by atoms with Crippen molar-refractivity contribution in [1.82, 2.24) is 0 Å². The van der Waals surface area contributed by atoms with Crippen molar-refractivity contribution in [2.75, 3.05) is 11.9 Å². The van der Waals surface area contributed by atoms with Crippen LogP contribution in [0.5, 0.6) is 0 Å². The summed E-state index contributed by atoms with van der Waals surface area (Å²) in [6, 6.07) is 8.16. The van der Waals surface area contributed by atoms with Gasteiger partial charge in [-0.25, -0.2) is 4.79 Å². The van der Waals surface area contributed by atoms with Gasteiger partial charge in [0.15, 0.2) is 0 Å². The van der Waals surface area contributed by atoms with E-state index in [-0.39, 0.29) is 0 Å². The van der Waals surface area contributed by atoms with Crippen molar-refractivity contribution in [3.05, 3.63) is 56.2 Å². The maximum Gasteiger partial charge on any atom is 0.328 e. The van der Waals surface area contributed by atoms with Crippen molar-refractivity contribution in [3.8, 4) is 0 Å². The number of rotatable bonds is 5. The molecule has 0 spiro atoms. The largest absolute Gasteiger partial charge is 0.478 e. The maximum atomic E-state index is 10.7. The minimum absolute atomic E-state index is 0.785. The van der Waals surface area contributed by atoms with Crippen LogP contribution in [0, 0.1) is 6.92 Å². The molecule has 21 heavy (non-hydrogen) atoms. The first-order chi connectivity index (χ1) is 9.95. The fourth-order valence-electron chi connectivity index (χ4n) is 2.07. The number of carbonyl (C=O) groups is 1. The highest BCUT2D eigenvalue weighted by atomic mass is 79.9. The van der Waals surface area contributed by atoms with Crippen LogP contribution in [0.3, 0.4) is 0 Å². The summed E-state index contributed by atoms with van der Waals surface area (Å²) >= 11 is 5.16. The lowest BCUT2D eigenvalue weighted by atomic mass is 10.1. The van der Waals surface area contributed by atoms with E-state index >= 15 is 0 Å². The Morgan fingerprint density at radius 3 is 2.81 bits per heavy atom. The fraction of sp³-hybridized carbons (Fsp3) is 0.188. The Bertz CT molecular complexity index is 679. The molecule has 0 saturated carbocycles. The zero-order chi connectivity index (χ0) is 15.4. The molecular weight excluding hydrogens is 350 g/mol. The molecule has 3 nitrogen and oxygen atoms in total. The van der Waals surface area contributed by atoms with Gasteiger partial charge in [-0.1, -0.05) is 11.6 Å². The van der Waals surface area contributed by atoms with Crippen LogP contribution in [0.1, 0.15) is 16.0 Å². The summed E-state index contributed by atoms with van der Waals surface area (Å²) in [7, 11) is 2.01. The number of hydrogen-bond donors (Lipinski definition) is 1. The summed E-state index contributed by atoms with van der Waals surface area (Å²) < 4.78 is 1.09. The maximum absolute atomic E-state index is 10.7. The van der Waals surface area contributed by atoms with Crippen molar-refractivity contribution >= 4 is 45.0 Å². The number of halogens is 1. The number of hydrogen-bond acceptors (Lipinski definition) is 3. The van der Waals surface area contributed by atoms with Gasteiger partial charge < -0.3 is 10.0 Å². The molecule has 2 rings (SSSR count). The molecule has 1 N–H and O–H groups in total. The lowest BCUT2D eigenvalue weighted by molar-refractivity contribution is -0.131. The normalized spacial score (nSPS) is 11.0. The van der Waals surface area contributed by atoms with Gasteiger partial charge >= 0.3 is 5.97 Å². The third-order valence-corrected chi connectivity index (χ3v) is 4.70. The number of carboxylic acid groups (broad SMARTS) is 1. The van der Waals surface area contributed by atoms with E-state index in [9.17, 15) is 4.79 Å². The summed E-state index contributed by atoms with van der Waals surface area (Å²) in [6.45, 7) is 2.78. The highest BCUT2D eigenvalue weighted by Gasteiger charge is 2.08. The van der Waals surface area contributed by atoms with Crippen molar-refractivity contribution < 1.29 is 9.90 Å². The van der Waals surface area contributed by atoms with E-state index in [0.29, 0.717) is 0 Å². The van der Waals surface area contributed by atoms with Crippen LogP contribution >= 0.6 is 27.3 Å². The molecule has 0 radical (unpaired) electrons. The number of thiophene rings is 1. The molecule has 110 valence electrons. The fourth-order valence-corrected chi connectivity index (χ4v) is 3.58. The van der Waals surface area contributed by atoms with Crippen LogP contribution in [0.2, 0.25) is 0 Å². The summed E-state index contributed by atoms with van der Waals surface area (Å²) in [5, 5.41) is 10.9. The van der Waals surface area contributed by atoms with Gasteiger partial charge in [-0.05, 0) is 52.7 Å². The topological polar surface area (TPSA) is 40.5 Å². The Balaban J connectivity index is 2.27. The van der Waals surface area contributed by atoms with Crippen LogP contribution in [-0.4, -0.2) is 18.1 Å². The molecule has 0 aliphatic heterocycles. The van der Waals surface area contributed by atoms with Gasteiger partial charge in [0.2, 0.25) is 0 Å². The summed E-state index contributed by atoms with van der Waals surface area (Å²) in [4.78, 5) is 14.1. The minimum Gasteiger partial charge on any atom is -0.478 e. The average Bonchev–Trinajstić information content (AvgIpc) is 2.81. The molecule has 0 atom stereocenters. The van der Waals surface area contributed by atoms with Crippen LogP contribution < -0.4 is 4.90 Å². The van der Waals surface area contributed by atoms with Crippen molar-refractivity contribution in [2.45, 2.75) is 13.5 Å². The van der Waals surface area contributed by atoms with E-state index in [1.54, 1.807) is 17.4 Å². The Kier molecular flexibility index (Phi) is 5.20. The monoisotopic (exact) mass is 365 g/mol. The van der Waals surface area contributed by atoms with Gasteiger partial charge in [-0.2, -0.15) is 0 Å². The smallest absolute Gasteiger partial charge is 0.328 e. The zero-order valence-corrected chi connectivity index (χ0v) is 14.2. The first-order valence-electron chi connectivity index (χ1n) is 6.41. The van der Waals surface area contributed by atoms with Crippen LogP contribution in [0.4, 0.5) is 5.69 Å². The predicted octanol–water partition coefficient (Wildman–Crippen LogP) is 4.55. The van der Waals surface area contributed by atoms with E-state index in [1.807, 2.05) is 32.2 Å². The van der Waals surface area contributed by atoms with Crippen molar-refractivity contribution in [2.24, 2.45) is 0 Å². The van der Waals surface area contributed by atoms with Gasteiger partial charge in [-0.3, -0.25) is 0 Å². The third kappa shape index (κ3) is 4.44. The Labute approximate surface area is 136 Å². The number of aryl methyl sites for hydroxylation is 1. The molecule has 0 saturated heterocycles. The van der Waals surface area contributed by atoms with Crippen molar-refractivity contribution in [3.63, 3.8) is 0 Å². The van der Waals surface area contributed by atoms with Gasteiger partial charge in [-0.15, -0.1) is 11.3 Å². The van der Waals surface area contributed by atoms with Gasteiger partial charge in [0, 0.05) is 33.5 Å². The Morgan fingerprint density at radius 1 is 1.43 bits per heavy atom. The molecule has 1 aromatic carbocycles. The van der Waals surface area contributed by atoms with Gasteiger partial charge in [0.25, 0.3) is 0 Å². The average molecular weight is 366 g/mol. The second kappa shape index (κ2) is 6.91. The lowest BCUT2D eigenvalue weighted by Crippen LogP contribution is -2.16. The summed E-state index contributed by atoms with van der Waals surface area (Å²) in [5.41, 5.74) is 3.04. The number of anilines is 1. The second-order valence-electron chi connectivity index (χ2n) is 4.82. The highest BCUT2D eigenvalue weighted by Crippen LogP contribution is 2.26. The van der Waals surface area contributed by atoms with E-state index in [2.05, 4.69) is 32.3 Å². The van der Waals surface area contributed by atoms with Crippen LogP contribution in [0.15, 0.2) is 40.2 Å². The second-order valence-corrected chi connectivity index (χ2v) is 6.73. The first-order valence-corrected chi connectivity index (χ1v) is 8.08. The van der Waals surface area contributed by atoms with Gasteiger partial charge in [0.05, 0.1) is 6.54 Å². The standard InChI is InChI=1S/C16H16BrNO2S/c1-11-3-5-15(12(7-11)4-6-16(19)20)18(2)9-14-8-13(17)10-21-14/h3-8,10H,9H2,1-2H3,(H,19,20)/b6-4+. The summed E-state index contributed by atoms with van der Waals surface area (Å²) in [5.74, 6) is -0.938. The van der Waals surface area contributed by atoms with Crippen LogP contribution in [0.25, 0.3) is 6.08 Å². The summed E-state index contributed by atoms with van der Waals surface area (Å²) in [6.07, 6.45) is 2.82. The molecule has 0 unspecified atom stereocenters. The first kappa shape index (κ1) is 15.8. The van der Waals surface area contributed by atoms with Crippen molar-refractivity contribution in [1.29, 1.82) is 0 Å². The molecule has 0 bridgehead atoms. The van der Waals surface area contributed by atoms with E-state index < -0.39 is 5.97 Å². The molecule has 2 aromatic rings. The van der Waals surface area contributed by atoms with E-state index in [1.165, 1.54) is 11.0 Å². The molecular formula is C16H16BrNO2S. The molecule has 0 aliphatic rings. The number of nitrogens with zero attached hydrogens (tertiary/aromatic N) is 1. The number of aliphatic carboxylic acids is 1. The molecule has 0 fully saturated rings. The minimum atomic E-state index is -0.938. The lowest BCUT2D eigenvalue weighted by Gasteiger charge is -2.21. The van der Waals surface area contributed by atoms with E-state index in [0.717, 1.165) is 27.8 Å². The predicted molar refractivity (Wildman–Crippen MR) is 92.0 cm³/mol.